The van der Waals surface area contributed by atoms with Crippen molar-refractivity contribution in [3.8, 4) is 11.4 Å². The summed E-state index contributed by atoms with van der Waals surface area (Å²) in [7, 11) is 1.61. The van der Waals surface area contributed by atoms with Gasteiger partial charge in [0, 0.05) is 18.7 Å². The van der Waals surface area contributed by atoms with Crippen molar-refractivity contribution in [2.75, 3.05) is 7.11 Å². The molecule has 3 heterocycles. The zero-order valence-electron chi connectivity index (χ0n) is 18.7. The van der Waals surface area contributed by atoms with Crippen molar-refractivity contribution in [1.29, 1.82) is 0 Å². The number of aromatic nitrogens is 5. The first-order valence-electron chi connectivity index (χ1n) is 10.9. The molecule has 0 bridgehead atoms. The first-order valence-corrected chi connectivity index (χ1v) is 10.9. The largest absolute Gasteiger partial charge is 0.495 e. The normalized spacial score (nSPS) is 15.6. The van der Waals surface area contributed by atoms with E-state index in [1.165, 1.54) is 0 Å². The molecule has 0 fully saturated rings. The Hall–Kier alpha value is -3.88. The van der Waals surface area contributed by atoms with Crippen LogP contribution in [0.4, 0.5) is 13.2 Å². The molecule has 0 spiro atoms. The minimum Gasteiger partial charge on any atom is -0.495 e. The minimum atomic E-state index is -1.46. The standard InChI is InChI=1S/C25H22F3N5O/c1-15-13-32(14-29-15)21-7-5-16(10-22(21)34-2)6-8-23-30-25-18(4-3-9-33(25)31-23)17-11-19(26)24(28)20(27)12-17/h5-8,10-14,18H,3-4,9H2,1-2H3/b8-6+. The molecule has 34 heavy (non-hydrogen) atoms. The lowest BCUT2D eigenvalue weighted by Gasteiger charge is -2.22. The molecule has 9 heteroatoms. The van der Waals surface area contributed by atoms with Gasteiger partial charge in [-0.05, 0) is 61.2 Å². The summed E-state index contributed by atoms with van der Waals surface area (Å²) in [6.07, 6.45) is 8.73. The van der Waals surface area contributed by atoms with Gasteiger partial charge in [-0.1, -0.05) is 12.1 Å². The third kappa shape index (κ3) is 4.09. The van der Waals surface area contributed by atoms with E-state index in [1.807, 2.05) is 42.0 Å². The number of fused-ring (bicyclic) bond motifs is 1. The Morgan fingerprint density at radius 3 is 2.59 bits per heavy atom. The number of methoxy groups -OCH3 is 1. The van der Waals surface area contributed by atoms with Crippen LogP contribution in [0.5, 0.6) is 5.75 Å². The number of rotatable bonds is 5. The topological polar surface area (TPSA) is 57.8 Å². The van der Waals surface area contributed by atoms with E-state index in [0.29, 0.717) is 35.9 Å². The fraction of sp³-hybridized carbons (Fsp3) is 0.240. The molecule has 174 valence electrons. The average Bonchev–Trinajstić information content (AvgIpc) is 3.46. The Bertz CT molecular complexity index is 1370. The van der Waals surface area contributed by atoms with Crippen LogP contribution in [0, 0.1) is 24.4 Å². The number of halogens is 3. The molecule has 0 N–H and O–H groups in total. The fourth-order valence-electron chi connectivity index (χ4n) is 4.27. The van der Waals surface area contributed by atoms with Crippen LogP contribution in [0.2, 0.25) is 0 Å². The van der Waals surface area contributed by atoms with Crippen molar-refractivity contribution in [2.24, 2.45) is 0 Å². The first kappa shape index (κ1) is 21.9. The van der Waals surface area contributed by atoms with E-state index in [2.05, 4.69) is 15.1 Å². The second-order valence-corrected chi connectivity index (χ2v) is 8.23. The molecule has 0 radical (unpaired) electrons. The van der Waals surface area contributed by atoms with Crippen LogP contribution < -0.4 is 4.74 Å². The Labute approximate surface area is 194 Å². The zero-order valence-corrected chi connectivity index (χ0v) is 18.7. The van der Waals surface area contributed by atoms with Crippen molar-refractivity contribution in [3.05, 3.63) is 88.8 Å². The molecule has 0 saturated heterocycles. The minimum absolute atomic E-state index is 0.356. The number of imidazole rings is 1. The smallest absolute Gasteiger partial charge is 0.194 e. The summed E-state index contributed by atoms with van der Waals surface area (Å²) in [5, 5.41) is 4.53. The van der Waals surface area contributed by atoms with Gasteiger partial charge in [0.2, 0.25) is 0 Å². The van der Waals surface area contributed by atoms with Gasteiger partial charge in [-0.3, -0.25) is 0 Å². The lowest BCUT2D eigenvalue weighted by molar-refractivity contribution is 0.413. The summed E-state index contributed by atoms with van der Waals surface area (Å²) in [5.74, 6) is -2.43. The van der Waals surface area contributed by atoms with Gasteiger partial charge >= 0.3 is 0 Å². The predicted molar refractivity (Wildman–Crippen MR) is 121 cm³/mol. The van der Waals surface area contributed by atoms with Crippen molar-refractivity contribution in [1.82, 2.24) is 24.3 Å². The maximum atomic E-state index is 13.8. The van der Waals surface area contributed by atoms with Crippen LogP contribution in [0.3, 0.4) is 0 Å². The van der Waals surface area contributed by atoms with E-state index < -0.39 is 17.5 Å². The second kappa shape index (κ2) is 8.81. The van der Waals surface area contributed by atoms with Gasteiger partial charge in [-0.2, -0.15) is 5.10 Å². The molecule has 1 unspecified atom stereocenters. The molecular weight excluding hydrogens is 443 g/mol. The Morgan fingerprint density at radius 2 is 1.88 bits per heavy atom. The summed E-state index contributed by atoms with van der Waals surface area (Å²) in [6, 6.07) is 7.88. The molecule has 0 saturated carbocycles. The highest BCUT2D eigenvalue weighted by Gasteiger charge is 2.27. The molecule has 2 aromatic heterocycles. The molecular formula is C25H22F3N5O. The summed E-state index contributed by atoms with van der Waals surface area (Å²) >= 11 is 0. The molecule has 0 aliphatic carbocycles. The molecule has 1 aliphatic rings. The monoisotopic (exact) mass is 465 g/mol. The highest BCUT2D eigenvalue weighted by atomic mass is 19.2. The molecule has 1 atom stereocenters. The van der Waals surface area contributed by atoms with E-state index in [1.54, 1.807) is 24.2 Å². The Balaban J connectivity index is 1.42. The van der Waals surface area contributed by atoms with Crippen LogP contribution in [0.1, 0.15) is 47.2 Å². The van der Waals surface area contributed by atoms with Gasteiger partial charge in [0.1, 0.15) is 11.6 Å². The third-order valence-corrected chi connectivity index (χ3v) is 5.92. The lowest BCUT2D eigenvalue weighted by Crippen LogP contribution is -2.18. The number of ether oxygens (including phenoxy) is 1. The summed E-state index contributed by atoms with van der Waals surface area (Å²) in [5.41, 5.74) is 3.03. The fourth-order valence-corrected chi connectivity index (χ4v) is 4.27. The van der Waals surface area contributed by atoms with Crippen molar-refractivity contribution in [2.45, 2.75) is 32.2 Å². The highest BCUT2D eigenvalue weighted by Crippen LogP contribution is 2.34. The van der Waals surface area contributed by atoms with Crippen molar-refractivity contribution >= 4 is 12.2 Å². The van der Waals surface area contributed by atoms with Crippen LogP contribution in [0.15, 0.2) is 42.9 Å². The third-order valence-electron chi connectivity index (χ3n) is 5.92. The number of hydrogen-bond donors (Lipinski definition) is 0. The van der Waals surface area contributed by atoms with Gasteiger partial charge in [0.15, 0.2) is 23.3 Å². The lowest BCUT2D eigenvalue weighted by atomic mass is 9.91. The molecule has 5 rings (SSSR count). The van der Waals surface area contributed by atoms with Gasteiger partial charge in [0.05, 0.1) is 24.8 Å². The van der Waals surface area contributed by atoms with E-state index >= 15 is 0 Å². The molecule has 4 aromatic rings. The predicted octanol–water partition coefficient (Wildman–Crippen LogP) is 5.29. The molecule has 2 aromatic carbocycles. The van der Waals surface area contributed by atoms with E-state index in [9.17, 15) is 13.2 Å². The summed E-state index contributed by atoms with van der Waals surface area (Å²) in [4.78, 5) is 8.85. The number of benzene rings is 2. The second-order valence-electron chi connectivity index (χ2n) is 8.23. The van der Waals surface area contributed by atoms with Gasteiger partial charge in [-0.15, -0.1) is 0 Å². The SMILES string of the molecule is COc1cc(/C=C/c2nc3n(n2)CCCC3c2cc(F)c(F)c(F)c2)ccc1-n1cnc(C)c1. The van der Waals surface area contributed by atoms with Gasteiger partial charge in [-0.25, -0.2) is 27.8 Å². The first-order chi connectivity index (χ1) is 16.4. The van der Waals surface area contributed by atoms with Crippen LogP contribution in [-0.4, -0.2) is 31.4 Å². The van der Waals surface area contributed by atoms with Crippen LogP contribution >= 0.6 is 0 Å². The molecule has 1 aliphatic heterocycles. The van der Waals surface area contributed by atoms with Crippen LogP contribution in [0.25, 0.3) is 17.8 Å². The Morgan fingerprint density at radius 1 is 1.09 bits per heavy atom. The van der Waals surface area contributed by atoms with E-state index in [-0.39, 0.29) is 5.92 Å². The number of nitrogens with zero attached hydrogens (tertiary/aromatic N) is 5. The maximum absolute atomic E-state index is 13.8. The summed E-state index contributed by atoms with van der Waals surface area (Å²) in [6.45, 7) is 2.58. The van der Waals surface area contributed by atoms with Gasteiger partial charge < -0.3 is 9.30 Å². The quantitative estimate of drug-likeness (QED) is 0.376. The summed E-state index contributed by atoms with van der Waals surface area (Å²) < 4.78 is 50.2. The number of hydrogen-bond acceptors (Lipinski definition) is 4. The van der Waals surface area contributed by atoms with Crippen LogP contribution in [-0.2, 0) is 6.54 Å². The number of aryl methyl sites for hydroxylation is 2. The van der Waals surface area contributed by atoms with Crippen molar-refractivity contribution < 1.29 is 17.9 Å². The van der Waals surface area contributed by atoms with Crippen molar-refractivity contribution in [3.63, 3.8) is 0 Å². The average molecular weight is 465 g/mol. The van der Waals surface area contributed by atoms with E-state index in [0.717, 1.165) is 35.5 Å². The van der Waals surface area contributed by atoms with E-state index in [4.69, 9.17) is 4.74 Å². The molecule has 6 nitrogen and oxygen atoms in total. The Kier molecular flexibility index (Phi) is 5.69. The highest BCUT2D eigenvalue weighted by molar-refractivity contribution is 5.69. The molecule has 0 amide bonds. The maximum Gasteiger partial charge on any atom is 0.194 e. The zero-order chi connectivity index (χ0) is 23.8. The van der Waals surface area contributed by atoms with Gasteiger partial charge in [0.25, 0.3) is 0 Å².